The van der Waals surface area contributed by atoms with Crippen LogP contribution in [0.4, 0.5) is 11.4 Å². The molecule has 1 atom stereocenters. The van der Waals surface area contributed by atoms with Crippen LogP contribution in [-0.2, 0) is 9.84 Å². The van der Waals surface area contributed by atoms with Crippen LogP contribution in [0.3, 0.4) is 0 Å². The van der Waals surface area contributed by atoms with Crippen molar-refractivity contribution in [3.8, 4) is 0 Å². The van der Waals surface area contributed by atoms with E-state index >= 15 is 0 Å². The van der Waals surface area contributed by atoms with E-state index < -0.39 is 14.8 Å². The molecule has 1 aromatic rings. The smallest absolute Gasteiger partial charge is 0.270 e. The van der Waals surface area contributed by atoms with Gasteiger partial charge in [0, 0.05) is 27.9 Å². The lowest BCUT2D eigenvalue weighted by atomic mass is 10.2. The quantitative estimate of drug-likeness (QED) is 0.479. The molecule has 1 aromatic carbocycles. The summed E-state index contributed by atoms with van der Waals surface area (Å²) in [5.41, 5.74) is 0.761. The first kappa shape index (κ1) is 14.5. The number of hydrogen-bond acceptors (Lipinski definition) is 5. The zero-order valence-electron chi connectivity index (χ0n) is 10.0. The van der Waals surface area contributed by atoms with Crippen molar-refractivity contribution in [3.63, 3.8) is 0 Å². The van der Waals surface area contributed by atoms with Crippen molar-refractivity contribution in [2.45, 2.75) is 18.1 Å². The molecule has 1 saturated heterocycles. The third kappa shape index (κ3) is 3.35. The van der Waals surface area contributed by atoms with E-state index in [0.29, 0.717) is 23.0 Å². The molecule has 8 heteroatoms. The van der Waals surface area contributed by atoms with Gasteiger partial charge in [-0.25, -0.2) is 8.42 Å². The molecule has 1 fully saturated rings. The predicted octanol–water partition coefficient (Wildman–Crippen LogP) is 2.19. The summed E-state index contributed by atoms with van der Waals surface area (Å²) in [7, 11) is -2.96. The largest absolute Gasteiger partial charge is 0.383 e. The number of benzene rings is 1. The molecule has 0 radical (unpaired) electrons. The summed E-state index contributed by atoms with van der Waals surface area (Å²) in [6, 6.07) is 4.49. The standard InChI is InChI=1S/C11H13IN2O4S/c12-10-6-8(14(15)16)3-4-11(10)13-7-9-2-1-5-19(9,17)18/h3-4,6,9,13H,1-2,5,7H2. The van der Waals surface area contributed by atoms with Gasteiger partial charge in [0.25, 0.3) is 5.69 Å². The zero-order chi connectivity index (χ0) is 14.0. The Hall–Kier alpha value is -0.900. The van der Waals surface area contributed by atoms with Gasteiger partial charge in [-0.1, -0.05) is 0 Å². The van der Waals surface area contributed by atoms with Gasteiger partial charge in [-0.05, 0) is 41.5 Å². The van der Waals surface area contributed by atoms with Gasteiger partial charge < -0.3 is 5.32 Å². The summed E-state index contributed by atoms with van der Waals surface area (Å²) >= 11 is 2.00. The topological polar surface area (TPSA) is 89.3 Å². The maximum absolute atomic E-state index is 11.7. The van der Waals surface area contributed by atoms with Crippen molar-refractivity contribution in [2.24, 2.45) is 0 Å². The second-order valence-electron chi connectivity index (χ2n) is 4.43. The average molecular weight is 396 g/mol. The van der Waals surface area contributed by atoms with Crippen molar-refractivity contribution in [2.75, 3.05) is 17.6 Å². The molecule has 1 N–H and O–H groups in total. The van der Waals surface area contributed by atoms with Crippen LogP contribution >= 0.6 is 22.6 Å². The van der Waals surface area contributed by atoms with Crippen LogP contribution in [0.25, 0.3) is 0 Å². The molecule has 0 aliphatic carbocycles. The minimum atomic E-state index is -2.96. The summed E-state index contributed by atoms with van der Waals surface area (Å²) in [5, 5.41) is 13.3. The summed E-state index contributed by atoms with van der Waals surface area (Å²) < 4.78 is 24.1. The van der Waals surface area contributed by atoms with Crippen LogP contribution in [0.2, 0.25) is 0 Å². The Bertz CT molecular complexity index is 603. The Balaban J connectivity index is 2.06. The molecule has 19 heavy (non-hydrogen) atoms. The molecule has 104 valence electrons. The Morgan fingerprint density at radius 3 is 2.74 bits per heavy atom. The fraction of sp³-hybridized carbons (Fsp3) is 0.455. The van der Waals surface area contributed by atoms with E-state index in [0.717, 1.165) is 5.69 Å². The minimum Gasteiger partial charge on any atom is -0.383 e. The first-order valence-electron chi connectivity index (χ1n) is 5.79. The van der Waals surface area contributed by atoms with Crippen molar-refractivity contribution >= 4 is 43.8 Å². The third-order valence-corrected chi connectivity index (χ3v) is 6.31. The molecule has 0 bridgehead atoms. The summed E-state index contributed by atoms with van der Waals surface area (Å²) in [5.74, 6) is 0.261. The average Bonchev–Trinajstić information content (AvgIpc) is 2.66. The number of sulfone groups is 1. The van der Waals surface area contributed by atoms with Crippen LogP contribution in [0.5, 0.6) is 0 Å². The molecule has 0 spiro atoms. The zero-order valence-corrected chi connectivity index (χ0v) is 13.0. The number of nitrogens with zero attached hydrogens (tertiary/aromatic N) is 1. The van der Waals surface area contributed by atoms with Gasteiger partial charge >= 0.3 is 0 Å². The van der Waals surface area contributed by atoms with Crippen LogP contribution in [0, 0.1) is 13.7 Å². The van der Waals surface area contributed by atoms with Gasteiger partial charge in [0.2, 0.25) is 0 Å². The molecule has 0 saturated carbocycles. The van der Waals surface area contributed by atoms with Crippen LogP contribution < -0.4 is 5.32 Å². The SMILES string of the molecule is O=[N+]([O-])c1ccc(NCC2CCCS2(=O)=O)c(I)c1. The molecular weight excluding hydrogens is 383 g/mol. The maximum Gasteiger partial charge on any atom is 0.270 e. The number of rotatable bonds is 4. The Morgan fingerprint density at radius 2 is 2.21 bits per heavy atom. The van der Waals surface area contributed by atoms with E-state index in [1.165, 1.54) is 12.1 Å². The second kappa shape index (κ2) is 5.61. The Labute approximate surface area is 124 Å². The fourth-order valence-corrected chi connectivity index (χ4v) is 4.53. The van der Waals surface area contributed by atoms with Gasteiger partial charge in [0.05, 0.1) is 15.9 Å². The second-order valence-corrected chi connectivity index (χ2v) is 8.00. The lowest BCUT2D eigenvalue weighted by Gasteiger charge is -2.13. The minimum absolute atomic E-state index is 0.0310. The van der Waals surface area contributed by atoms with E-state index in [-0.39, 0.29) is 16.7 Å². The molecular formula is C11H13IN2O4S. The van der Waals surface area contributed by atoms with Crippen molar-refractivity contribution < 1.29 is 13.3 Å². The van der Waals surface area contributed by atoms with Gasteiger partial charge in [-0.3, -0.25) is 10.1 Å². The summed E-state index contributed by atoms with van der Waals surface area (Å²) in [6.45, 7) is 0.357. The monoisotopic (exact) mass is 396 g/mol. The number of anilines is 1. The third-order valence-electron chi connectivity index (χ3n) is 3.15. The highest BCUT2D eigenvalue weighted by Gasteiger charge is 2.30. The highest BCUT2D eigenvalue weighted by Crippen LogP contribution is 2.25. The molecule has 1 aliphatic heterocycles. The molecule has 1 unspecified atom stereocenters. The Morgan fingerprint density at radius 1 is 1.47 bits per heavy atom. The van der Waals surface area contributed by atoms with Crippen molar-refractivity contribution in [1.29, 1.82) is 0 Å². The number of hydrogen-bond donors (Lipinski definition) is 1. The van der Waals surface area contributed by atoms with Crippen LogP contribution in [0.1, 0.15) is 12.8 Å². The Kier molecular flexibility index (Phi) is 4.29. The highest BCUT2D eigenvalue weighted by molar-refractivity contribution is 14.1. The highest BCUT2D eigenvalue weighted by atomic mass is 127. The normalized spacial score (nSPS) is 21.2. The number of nitrogens with one attached hydrogen (secondary N) is 1. The lowest BCUT2D eigenvalue weighted by molar-refractivity contribution is -0.384. The van der Waals surface area contributed by atoms with Crippen LogP contribution in [0.15, 0.2) is 18.2 Å². The van der Waals surface area contributed by atoms with Crippen LogP contribution in [-0.4, -0.2) is 30.9 Å². The molecule has 2 rings (SSSR count). The fourth-order valence-electron chi connectivity index (χ4n) is 2.07. The maximum atomic E-state index is 11.7. The van der Waals surface area contributed by atoms with Gasteiger partial charge in [0.15, 0.2) is 9.84 Å². The van der Waals surface area contributed by atoms with Gasteiger partial charge in [-0.15, -0.1) is 0 Å². The number of nitro benzene ring substituents is 1. The van der Waals surface area contributed by atoms with E-state index in [1.54, 1.807) is 6.07 Å². The molecule has 0 amide bonds. The number of halogens is 1. The van der Waals surface area contributed by atoms with Crippen molar-refractivity contribution in [1.82, 2.24) is 0 Å². The first-order valence-corrected chi connectivity index (χ1v) is 8.59. The first-order chi connectivity index (χ1) is 8.90. The van der Waals surface area contributed by atoms with Gasteiger partial charge in [-0.2, -0.15) is 0 Å². The van der Waals surface area contributed by atoms with Gasteiger partial charge in [0.1, 0.15) is 0 Å². The van der Waals surface area contributed by atoms with Crippen molar-refractivity contribution in [3.05, 3.63) is 31.9 Å². The molecule has 0 aromatic heterocycles. The summed E-state index contributed by atoms with van der Waals surface area (Å²) in [4.78, 5) is 10.2. The number of nitro groups is 1. The molecule has 6 nitrogen and oxygen atoms in total. The van der Waals surface area contributed by atoms with E-state index in [1.807, 2.05) is 22.6 Å². The predicted molar refractivity (Wildman–Crippen MR) is 81.1 cm³/mol. The summed E-state index contributed by atoms with van der Waals surface area (Å²) in [6.07, 6.45) is 1.39. The number of non-ortho nitro benzene ring substituents is 1. The molecule has 1 aliphatic rings. The van der Waals surface area contributed by atoms with E-state index in [9.17, 15) is 18.5 Å². The molecule has 1 heterocycles. The van der Waals surface area contributed by atoms with E-state index in [4.69, 9.17) is 0 Å². The lowest BCUT2D eigenvalue weighted by Crippen LogP contribution is -2.25. The van der Waals surface area contributed by atoms with E-state index in [2.05, 4.69) is 5.32 Å².